The molecule has 4 heteroatoms. The van der Waals surface area contributed by atoms with Crippen LogP contribution in [-0.4, -0.2) is 17.0 Å². The lowest BCUT2D eigenvalue weighted by molar-refractivity contribution is 0.564. The third kappa shape index (κ3) is 3.10. The van der Waals surface area contributed by atoms with E-state index in [1.165, 1.54) is 11.1 Å². The van der Waals surface area contributed by atoms with Gasteiger partial charge >= 0.3 is 0 Å². The van der Waals surface area contributed by atoms with E-state index in [1.54, 1.807) is 0 Å². The molecule has 0 fully saturated rings. The lowest BCUT2D eigenvalue weighted by Gasteiger charge is -2.22. The zero-order chi connectivity index (χ0) is 15.8. The Bertz CT molecular complexity index is 652. The molecule has 0 radical (unpaired) electrons. The van der Waals surface area contributed by atoms with E-state index in [4.69, 9.17) is 4.98 Å². The Balaban J connectivity index is 2.77. The maximum absolute atomic E-state index is 4.85. The highest BCUT2D eigenvalue weighted by Gasteiger charge is 2.24. The summed E-state index contributed by atoms with van der Waals surface area (Å²) in [6.45, 7) is 10.7. The highest BCUT2D eigenvalue weighted by molar-refractivity contribution is 9.10. The van der Waals surface area contributed by atoms with Crippen LogP contribution in [0.1, 0.15) is 37.6 Å². The summed E-state index contributed by atoms with van der Waals surface area (Å²) in [5.74, 6) is 1.61. The van der Waals surface area contributed by atoms with E-state index in [-0.39, 0.29) is 5.41 Å². The van der Waals surface area contributed by atoms with E-state index in [1.807, 2.05) is 7.05 Å². The molecular formula is C17H22BrN3. The Labute approximate surface area is 135 Å². The van der Waals surface area contributed by atoms with Crippen molar-refractivity contribution in [1.82, 2.24) is 9.97 Å². The van der Waals surface area contributed by atoms with Crippen molar-refractivity contribution in [3.8, 4) is 11.4 Å². The average molecular weight is 348 g/mol. The van der Waals surface area contributed by atoms with Gasteiger partial charge in [-0.25, -0.2) is 9.97 Å². The van der Waals surface area contributed by atoms with Crippen molar-refractivity contribution in [1.29, 1.82) is 0 Å². The summed E-state index contributed by atoms with van der Waals surface area (Å²) < 4.78 is 0.937. The maximum atomic E-state index is 4.85. The third-order valence-corrected chi connectivity index (χ3v) is 4.25. The number of anilines is 1. The van der Waals surface area contributed by atoms with Gasteiger partial charge in [-0.05, 0) is 40.9 Å². The molecule has 0 aliphatic carbocycles. The predicted octanol–water partition coefficient (Wildman–Crippen LogP) is 4.86. The fraction of sp³-hybridized carbons (Fsp3) is 0.412. The van der Waals surface area contributed by atoms with E-state index in [2.05, 4.69) is 79.0 Å². The van der Waals surface area contributed by atoms with Gasteiger partial charge in [0.2, 0.25) is 0 Å². The van der Waals surface area contributed by atoms with Crippen LogP contribution in [0.5, 0.6) is 0 Å². The lowest BCUT2D eigenvalue weighted by Crippen LogP contribution is -2.17. The summed E-state index contributed by atoms with van der Waals surface area (Å²) >= 11 is 3.63. The van der Waals surface area contributed by atoms with Gasteiger partial charge in [0.05, 0.1) is 10.2 Å². The van der Waals surface area contributed by atoms with Crippen LogP contribution < -0.4 is 5.32 Å². The van der Waals surface area contributed by atoms with Gasteiger partial charge < -0.3 is 5.32 Å². The average Bonchev–Trinajstić information content (AvgIpc) is 2.38. The Morgan fingerprint density at radius 1 is 1.05 bits per heavy atom. The van der Waals surface area contributed by atoms with Crippen molar-refractivity contribution < 1.29 is 0 Å². The largest absolute Gasteiger partial charge is 0.372 e. The Hall–Kier alpha value is -1.42. The number of benzene rings is 1. The number of halogens is 1. The van der Waals surface area contributed by atoms with Gasteiger partial charge in [0, 0.05) is 18.0 Å². The number of rotatable bonds is 2. The van der Waals surface area contributed by atoms with Crippen LogP contribution in [0.4, 0.5) is 5.82 Å². The maximum Gasteiger partial charge on any atom is 0.162 e. The second-order valence-electron chi connectivity index (χ2n) is 6.33. The molecule has 1 aromatic carbocycles. The summed E-state index contributed by atoms with van der Waals surface area (Å²) in [7, 11) is 1.88. The number of aromatic nitrogens is 2. The zero-order valence-electron chi connectivity index (χ0n) is 13.5. The second-order valence-corrected chi connectivity index (χ2v) is 7.12. The first-order valence-electron chi connectivity index (χ1n) is 7.08. The van der Waals surface area contributed by atoms with Crippen LogP contribution in [0.25, 0.3) is 11.4 Å². The minimum Gasteiger partial charge on any atom is -0.372 e. The van der Waals surface area contributed by atoms with Crippen molar-refractivity contribution >= 4 is 21.7 Å². The SMILES string of the molecule is CNc1nc(-c2c(C)cccc2C)nc(C(C)(C)C)c1Br. The first-order valence-corrected chi connectivity index (χ1v) is 7.87. The summed E-state index contributed by atoms with van der Waals surface area (Å²) in [5, 5.41) is 3.16. The summed E-state index contributed by atoms with van der Waals surface area (Å²) in [6.07, 6.45) is 0. The number of nitrogens with zero attached hydrogens (tertiary/aromatic N) is 2. The van der Waals surface area contributed by atoms with Crippen LogP contribution in [-0.2, 0) is 5.41 Å². The quantitative estimate of drug-likeness (QED) is 0.842. The van der Waals surface area contributed by atoms with Gasteiger partial charge in [0.1, 0.15) is 5.82 Å². The molecule has 0 aliphatic rings. The van der Waals surface area contributed by atoms with Gasteiger partial charge in [-0.3, -0.25) is 0 Å². The summed E-state index contributed by atoms with van der Waals surface area (Å²) in [6, 6.07) is 6.27. The number of hydrogen-bond donors (Lipinski definition) is 1. The fourth-order valence-electron chi connectivity index (χ4n) is 2.39. The van der Waals surface area contributed by atoms with Crippen LogP contribution in [0, 0.1) is 13.8 Å². The predicted molar refractivity (Wildman–Crippen MR) is 92.9 cm³/mol. The van der Waals surface area contributed by atoms with Crippen LogP contribution >= 0.6 is 15.9 Å². The highest BCUT2D eigenvalue weighted by atomic mass is 79.9. The molecule has 0 spiro atoms. The van der Waals surface area contributed by atoms with Crippen molar-refractivity contribution in [2.45, 2.75) is 40.0 Å². The molecule has 1 aromatic heterocycles. The molecule has 1 N–H and O–H groups in total. The van der Waals surface area contributed by atoms with E-state index in [0.717, 1.165) is 27.4 Å². The van der Waals surface area contributed by atoms with Crippen molar-refractivity contribution in [2.24, 2.45) is 0 Å². The van der Waals surface area contributed by atoms with E-state index in [9.17, 15) is 0 Å². The number of aryl methyl sites for hydroxylation is 2. The molecule has 0 bridgehead atoms. The fourth-order valence-corrected chi connectivity index (χ4v) is 3.36. The normalized spacial score (nSPS) is 11.6. The van der Waals surface area contributed by atoms with E-state index >= 15 is 0 Å². The first kappa shape index (κ1) is 16.0. The molecule has 0 unspecified atom stereocenters. The zero-order valence-corrected chi connectivity index (χ0v) is 15.1. The molecular weight excluding hydrogens is 326 g/mol. The number of nitrogens with one attached hydrogen (secondary N) is 1. The Morgan fingerprint density at radius 3 is 2.10 bits per heavy atom. The molecule has 3 nitrogen and oxygen atoms in total. The van der Waals surface area contributed by atoms with Crippen LogP contribution in [0.15, 0.2) is 22.7 Å². The molecule has 112 valence electrons. The molecule has 1 heterocycles. The van der Waals surface area contributed by atoms with Crippen molar-refractivity contribution in [2.75, 3.05) is 12.4 Å². The monoisotopic (exact) mass is 347 g/mol. The third-order valence-electron chi connectivity index (χ3n) is 3.50. The van der Waals surface area contributed by atoms with Crippen LogP contribution in [0.2, 0.25) is 0 Å². The number of hydrogen-bond acceptors (Lipinski definition) is 3. The Kier molecular flexibility index (Phi) is 4.38. The second kappa shape index (κ2) is 5.76. The van der Waals surface area contributed by atoms with Crippen molar-refractivity contribution in [3.05, 3.63) is 39.5 Å². The lowest BCUT2D eigenvalue weighted by atomic mass is 9.91. The standard InChI is InChI=1S/C17H22BrN3/c1-10-8-7-9-11(2)12(10)15-20-14(17(3,4)5)13(18)16(19-6)21-15/h7-9H,1-6H3,(H,19,20,21). The molecule has 21 heavy (non-hydrogen) atoms. The Morgan fingerprint density at radius 2 is 1.62 bits per heavy atom. The van der Waals surface area contributed by atoms with Gasteiger partial charge in [-0.15, -0.1) is 0 Å². The molecule has 0 atom stereocenters. The van der Waals surface area contributed by atoms with Gasteiger partial charge in [-0.1, -0.05) is 39.0 Å². The molecule has 0 aliphatic heterocycles. The summed E-state index contributed by atoms with van der Waals surface area (Å²) in [5.41, 5.74) is 4.46. The topological polar surface area (TPSA) is 37.8 Å². The molecule has 2 aromatic rings. The van der Waals surface area contributed by atoms with Gasteiger partial charge in [-0.2, -0.15) is 0 Å². The minimum absolute atomic E-state index is 0.0568. The van der Waals surface area contributed by atoms with E-state index < -0.39 is 0 Å². The summed E-state index contributed by atoms with van der Waals surface area (Å²) in [4.78, 5) is 9.53. The van der Waals surface area contributed by atoms with Gasteiger partial charge in [0.25, 0.3) is 0 Å². The smallest absolute Gasteiger partial charge is 0.162 e. The van der Waals surface area contributed by atoms with Gasteiger partial charge in [0.15, 0.2) is 5.82 Å². The van der Waals surface area contributed by atoms with Crippen molar-refractivity contribution in [3.63, 3.8) is 0 Å². The molecule has 0 saturated carbocycles. The highest BCUT2D eigenvalue weighted by Crippen LogP contribution is 2.35. The first-order chi connectivity index (χ1) is 9.75. The van der Waals surface area contributed by atoms with E-state index in [0.29, 0.717) is 0 Å². The minimum atomic E-state index is -0.0568. The molecule has 2 rings (SSSR count). The van der Waals surface area contributed by atoms with Crippen LogP contribution in [0.3, 0.4) is 0 Å². The molecule has 0 amide bonds. The molecule has 0 saturated heterocycles.